The number of nitrogens with one attached hydrogen (secondary N) is 2. The molecule has 0 spiro atoms. The summed E-state index contributed by atoms with van der Waals surface area (Å²) in [6, 6.07) is 8.20. The van der Waals surface area contributed by atoms with Crippen molar-refractivity contribution in [3.8, 4) is 5.75 Å². The third kappa shape index (κ3) is 3.83. The summed E-state index contributed by atoms with van der Waals surface area (Å²) < 4.78 is 5.07. The van der Waals surface area contributed by atoms with Crippen LogP contribution in [-0.4, -0.2) is 29.9 Å². The van der Waals surface area contributed by atoms with E-state index in [2.05, 4.69) is 15.6 Å². The lowest BCUT2D eigenvalue weighted by Gasteiger charge is -2.09. The quantitative estimate of drug-likeness (QED) is 0.873. The second-order valence-electron chi connectivity index (χ2n) is 5.48. The van der Waals surface area contributed by atoms with Gasteiger partial charge in [0.25, 0.3) is 11.8 Å². The second kappa shape index (κ2) is 6.88. The first-order valence-electron chi connectivity index (χ1n) is 7.48. The van der Waals surface area contributed by atoms with Gasteiger partial charge in [0, 0.05) is 23.5 Å². The van der Waals surface area contributed by atoms with Gasteiger partial charge in [0.1, 0.15) is 11.4 Å². The van der Waals surface area contributed by atoms with Crippen molar-refractivity contribution in [3.05, 3.63) is 52.8 Å². The van der Waals surface area contributed by atoms with Crippen LogP contribution in [0.2, 0.25) is 5.02 Å². The third-order valence-corrected chi connectivity index (χ3v) is 3.87. The van der Waals surface area contributed by atoms with Crippen LogP contribution in [0.15, 0.2) is 36.5 Å². The minimum Gasteiger partial charge on any atom is -0.495 e. The van der Waals surface area contributed by atoms with Crippen LogP contribution in [0, 0.1) is 0 Å². The van der Waals surface area contributed by atoms with Crippen LogP contribution >= 0.6 is 11.6 Å². The maximum Gasteiger partial charge on any atom is 0.270 e. The molecule has 1 fully saturated rings. The van der Waals surface area contributed by atoms with Crippen molar-refractivity contribution < 1.29 is 14.3 Å². The molecular formula is C17H16ClN3O3. The fraction of sp³-hybridized carbons (Fsp3) is 0.235. The number of anilines is 1. The molecule has 0 aliphatic heterocycles. The van der Waals surface area contributed by atoms with Crippen molar-refractivity contribution in [2.45, 2.75) is 18.9 Å². The number of amides is 2. The molecule has 7 heteroatoms. The largest absolute Gasteiger partial charge is 0.495 e. The highest BCUT2D eigenvalue weighted by atomic mass is 35.5. The summed E-state index contributed by atoms with van der Waals surface area (Å²) in [7, 11) is 1.52. The Labute approximate surface area is 144 Å². The third-order valence-electron chi connectivity index (χ3n) is 3.58. The van der Waals surface area contributed by atoms with Crippen LogP contribution in [0.3, 0.4) is 0 Å². The molecule has 2 amide bonds. The van der Waals surface area contributed by atoms with Crippen LogP contribution in [0.25, 0.3) is 0 Å². The number of benzene rings is 1. The molecule has 0 bridgehead atoms. The first-order valence-corrected chi connectivity index (χ1v) is 7.86. The average molecular weight is 346 g/mol. The number of ether oxygens (including phenoxy) is 1. The molecule has 24 heavy (non-hydrogen) atoms. The van der Waals surface area contributed by atoms with Crippen LogP contribution in [0.4, 0.5) is 5.69 Å². The number of pyridine rings is 1. The van der Waals surface area contributed by atoms with E-state index in [1.807, 2.05) is 0 Å². The maximum absolute atomic E-state index is 12.3. The van der Waals surface area contributed by atoms with E-state index in [9.17, 15) is 9.59 Å². The SMILES string of the molecule is COc1ccc(NC(=O)c2ccnc(C(=O)NC3CC3)c2)cc1Cl. The van der Waals surface area contributed by atoms with Crippen LogP contribution in [0.5, 0.6) is 5.75 Å². The van der Waals surface area contributed by atoms with Gasteiger partial charge in [-0.2, -0.15) is 0 Å². The molecule has 2 aromatic rings. The Kier molecular flexibility index (Phi) is 4.66. The number of halogens is 1. The van der Waals surface area contributed by atoms with Crippen molar-refractivity contribution in [3.63, 3.8) is 0 Å². The molecule has 0 atom stereocenters. The number of hydrogen-bond donors (Lipinski definition) is 2. The Hall–Kier alpha value is -2.60. The molecule has 0 saturated heterocycles. The van der Waals surface area contributed by atoms with Gasteiger partial charge >= 0.3 is 0 Å². The average Bonchev–Trinajstić information content (AvgIpc) is 3.39. The number of methoxy groups -OCH3 is 1. The molecule has 0 radical (unpaired) electrons. The summed E-state index contributed by atoms with van der Waals surface area (Å²) in [5.74, 6) is -0.0867. The van der Waals surface area contributed by atoms with Gasteiger partial charge in [-0.3, -0.25) is 14.6 Å². The van der Waals surface area contributed by atoms with E-state index in [-0.39, 0.29) is 23.6 Å². The van der Waals surface area contributed by atoms with Gasteiger partial charge in [-0.05, 0) is 43.2 Å². The number of rotatable bonds is 5. The van der Waals surface area contributed by atoms with Gasteiger partial charge in [0.2, 0.25) is 0 Å². The predicted octanol–water partition coefficient (Wildman–Crippen LogP) is 2.89. The lowest BCUT2D eigenvalue weighted by atomic mass is 10.2. The Balaban J connectivity index is 1.72. The summed E-state index contributed by atoms with van der Waals surface area (Å²) in [6.45, 7) is 0. The summed E-state index contributed by atoms with van der Waals surface area (Å²) in [5, 5.41) is 5.97. The zero-order valence-corrected chi connectivity index (χ0v) is 13.8. The molecule has 1 saturated carbocycles. The van der Waals surface area contributed by atoms with E-state index in [1.54, 1.807) is 24.3 Å². The molecular weight excluding hydrogens is 330 g/mol. The van der Waals surface area contributed by atoms with Crippen molar-refractivity contribution >= 4 is 29.1 Å². The van der Waals surface area contributed by atoms with E-state index in [4.69, 9.17) is 16.3 Å². The summed E-state index contributed by atoms with van der Waals surface area (Å²) in [4.78, 5) is 28.4. The zero-order chi connectivity index (χ0) is 17.1. The molecule has 6 nitrogen and oxygen atoms in total. The number of carbonyl (C=O) groups is 2. The van der Waals surface area contributed by atoms with Crippen molar-refractivity contribution in [2.24, 2.45) is 0 Å². The second-order valence-corrected chi connectivity index (χ2v) is 5.89. The van der Waals surface area contributed by atoms with Gasteiger partial charge in [-0.1, -0.05) is 11.6 Å². The van der Waals surface area contributed by atoms with Gasteiger partial charge in [0.15, 0.2) is 0 Å². The fourth-order valence-corrected chi connectivity index (χ4v) is 2.39. The molecule has 0 unspecified atom stereocenters. The summed E-state index contributed by atoms with van der Waals surface area (Å²) in [5.41, 5.74) is 1.10. The Morgan fingerprint density at radius 1 is 1.21 bits per heavy atom. The van der Waals surface area contributed by atoms with Crippen molar-refractivity contribution in [1.29, 1.82) is 0 Å². The summed E-state index contributed by atoms with van der Waals surface area (Å²) >= 11 is 6.04. The fourth-order valence-electron chi connectivity index (χ4n) is 2.13. The Morgan fingerprint density at radius 2 is 2.00 bits per heavy atom. The highest BCUT2D eigenvalue weighted by Crippen LogP contribution is 2.27. The van der Waals surface area contributed by atoms with Crippen LogP contribution < -0.4 is 15.4 Å². The standard InChI is InChI=1S/C17H16ClN3O3/c1-24-15-5-4-12(9-13(15)18)21-16(22)10-6-7-19-14(8-10)17(23)20-11-2-3-11/h4-9,11H,2-3H2,1H3,(H,20,23)(H,21,22). The van der Waals surface area contributed by atoms with Crippen LogP contribution in [0.1, 0.15) is 33.7 Å². The number of nitrogens with zero attached hydrogens (tertiary/aromatic N) is 1. The molecule has 3 rings (SSSR count). The predicted molar refractivity (Wildman–Crippen MR) is 90.7 cm³/mol. The molecule has 1 aromatic carbocycles. The summed E-state index contributed by atoms with van der Waals surface area (Å²) in [6.07, 6.45) is 3.42. The van der Waals surface area contributed by atoms with Crippen molar-refractivity contribution in [2.75, 3.05) is 12.4 Å². The van der Waals surface area contributed by atoms with Crippen LogP contribution in [-0.2, 0) is 0 Å². The molecule has 1 heterocycles. The maximum atomic E-state index is 12.3. The molecule has 1 aromatic heterocycles. The van der Waals surface area contributed by atoms with Gasteiger partial charge in [0.05, 0.1) is 12.1 Å². The minimum atomic E-state index is -0.348. The van der Waals surface area contributed by atoms with E-state index in [0.29, 0.717) is 22.0 Å². The van der Waals surface area contributed by atoms with Gasteiger partial charge in [-0.25, -0.2) is 0 Å². The lowest BCUT2D eigenvalue weighted by molar-refractivity contribution is 0.0946. The smallest absolute Gasteiger partial charge is 0.270 e. The normalized spacial score (nSPS) is 13.2. The van der Waals surface area contributed by atoms with Gasteiger partial charge in [-0.15, -0.1) is 0 Å². The van der Waals surface area contributed by atoms with E-state index < -0.39 is 0 Å². The first-order chi connectivity index (χ1) is 11.6. The Morgan fingerprint density at radius 3 is 2.67 bits per heavy atom. The molecule has 2 N–H and O–H groups in total. The minimum absolute atomic E-state index is 0.224. The monoisotopic (exact) mass is 345 g/mol. The van der Waals surface area contributed by atoms with E-state index >= 15 is 0 Å². The zero-order valence-electron chi connectivity index (χ0n) is 13.0. The lowest BCUT2D eigenvalue weighted by Crippen LogP contribution is -2.26. The van der Waals surface area contributed by atoms with Crippen molar-refractivity contribution in [1.82, 2.24) is 10.3 Å². The molecule has 1 aliphatic rings. The Bertz CT molecular complexity index is 790. The van der Waals surface area contributed by atoms with E-state index in [1.165, 1.54) is 19.4 Å². The molecule has 124 valence electrons. The van der Waals surface area contributed by atoms with Gasteiger partial charge < -0.3 is 15.4 Å². The number of hydrogen-bond acceptors (Lipinski definition) is 4. The topological polar surface area (TPSA) is 80.3 Å². The number of carbonyl (C=O) groups excluding carboxylic acids is 2. The highest BCUT2D eigenvalue weighted by molar-refractivity contribution is 6.32. The van der Waals surface area contributed by atoms with E-state index in [0.717, 1.165) is 12.8 Å². The molecule has 1 aliphatic carbocycles. The number of aromatic nitrogens is 1. The highest BCUT2D eigenvalue weighted by Gasteiger charge is 2.24. The first kappa shape index (κ1) is 16.3.